The normalized spacial score (nSPS) is 18.3. The third kappa shape index (κ3) is 5.79. The van der Waals surface area contributed by atoms with Gasteiger partial charge < -0.3 is 10.2 Å². The third-order valence-electron chi connectivity index (χ3n) is 4.93. The van der Waals surface area contributed by atoms with E-state index in [0.29, 0.717) is 19.6 Å². The number of nitrogens with zero attached hydrogens (tertiary/aromatic N) is 3. The van der Waals surface area contributed by atoms with Gasteiger partial charge in [-0.2, -0.15) is 4.31 Å². The van der Waals surface area contributed by atoms with Crippen LogP contribution < -0.4 is 5.32 Å². The van der Waals surface area contributed by atoms with E-state index in [1.165, 1.54) is 4.31 Å². The van der Waals surface area contributed by atoms with Crippen molar-refractivity contribution in [2.24, 2.45) is 0 Å². The zero-order valence-corrected chi connectivity index (χ0v) is 19.0. The Morgan fingerprint density at radius 3 is 2.62 bits per heavy atom. The molecule has 1 aromatic carbocycles. The molecule has 29 heavy (non-hydrogen) atoms. The number of aromatic nitrogens is 1. The Kier molecular flexibility index (Phi) is 9.78. The van der Waals surface area contributed by atoms with E-state index >= 15 is 0 Å². The molecule has 1 unspecified atom stereocenters. The van der Waals surface area contributed by atoms with Gasteiger partial charge in [0.05, 0.1) is 11.4 Å². The van der Waals surface area contributed by atoms with Gasteiger partial charge in [-0.3, -0.25) is 9.78 Å². The van der Waals surface area contributed by atoms with Gasteiger partial charge in [0, 0.05) is 43.5 Å². The zero-order valence-electron chi connectivity index (χ0n) is 16.6. The standard InChI is InChI=1S/C19H26N4O3S.2ClH/c1-15-14-22(19(24)13-20-2)9-3-4-10-23(15)27(25,26)18-6-5-17-12-21-8-7-16(17)11-18;;/h5-8,11-12,15,20H,3-4,9-10,13-14H2,1-2H3;2*1H. The van der Waals surface area contributed by atoms with Crippen molar-refractivity contribution >= 4 is 51.5 Å². The summed E-state index contributed by atoms with van der Waals surface area (Å²) in [6, 6.07) is 6.64. The molecule has 162 valence electrons. The van der Waals surface area contributed by atoms with E-state index in [-0.39, 0.29) is 48.2 Å². The first-order valence-electron chi connectivity index (χ1n) is 9.21. The van der Waals surface area contributed by atoms with Crippen LogP contribution in [0.4, 0.5) is 0 Å². The fourth-order valence-electron chi connectivity index (χ4n) is 3.50. The maximum absolute atomic E-state index is 13.3. The second kappa shape index (κ2) is 11.1. The Morgan fingerprint density at radius 1 is 1.17 bits per heavy atom. The highest BCUT2D eigenvalue weighted by atomic mass is 35.5. The molecule has 0 aliphatic carbocycles. The number of pyridine rings is 1. The van der Waals surface area contributed by atoms with E-state index in [0.717, 1.165) is 23.6 Å². The van der Waals surface area contributed by atoms with Crippen LogP contribution in [0.2, 0.25) is 0 Å². The van der Waals surface area contributed by atoms with Gasteiger partial charge in [0.15, 0.2) is 0 Å². The van der Waals surface area contributed by atoms with Crippen molar-refractivity contribution in [3.05, 3.63) is 36.7 Å². The number of nitrogens with one attached hydrogen (secondary N) is 1. The van der Waals surface area contributed by atoms with Gasteiger partial charge >= 0.3 is 0 Å². The number of sulfonamides is 1. The van der Waals surface area contributed by atoms with Crippen molar-refractivity contribution in [1.29, 1.82) is 0 Å². The Balaban J connectivity index is 0.00000210. The Morgan fingerprint density at radius 2 is 1.90 bits per heavy atom. The summed E-state index contributed by atoms with van der Waals surface area (Å²) in [5.74, 6) is 0.00167. The second-order valence-electron chi connectivity index (χ2n) is 6.93. The van der Waals surface area contributed by atoms with Gasteiger partial charge in [0.25, 0.3) is 0 Å². The molecule has 0 spiro atoms. The predicted octanol–water partition coefficient (Wildman–Crippen LogP) is 2.30. The van der Waals surface area contributed by atoms with Crippen molar-refractivity contribution in [1.82, 2.24) is 19.5 Å². The quantitative estimate of drug-likeness (QED) is 0.753. The largest absolute Gasteiger partial charge is 0.340 e. The molecule has 1 amide bonds. The summed E-state index contributed by atoms with van der Waals surface area (Å²) in [6.45, 7) is 3.66. The van der Waals surface area contributed by atoms with Crippen molar-refractivity contribution in [2.45, 2.75) is 30.7 Å². The summed E-state index contributed by atoms with van der Waals surface area (Å²) >= 11 is 0. The highest BCUT2D eigenvalue weighted by Crippen LogP contribution is 2.24. The van der Waals surface area contributed by atoms with Gasteiger partial charge in [-0.1, -0.05) is 6.07 Å². The molecule has 1 aliphatic rings. The van der Waals surface area contributed by atoms with Crippen molar-refractivity contribution in [3.63, 3.8) is 0 Å². The summed E-state index contributed by atoms with van der Waals surface area (Å²) < 4.78 is 28.1. The number of likely N-dealkylation sites (N-methyl/N-ethyl adjacent to an activating group) is 1. The molecule has 2 heterocycles. The molecule has 7 nitrogen and oxygen atoms in total. The van der Waals surface area contributed by atoms with Crippen LogP contribution in [-0.2, 0) is 14.8 Å². The molecular formula is C19H28Cl2N4O3S. The average Bonchev–Trinajstić information content (AvgIpc) is 2.64. The van der Waals surface area contributed by atoms with Crippen LogP contribution in [0.25, 0.3) is 10.8 Å². The molecule has 2 aromatic rings. The average molecular weight is 463 g/mol. The molecule has 0 radical (unpaired) electrons. The van der Waals surface area contributed by atoms with Gasteiger partial charge in [-0.25, -0.2) is 8.42 Å². The van der Waals surface area contributed by atoms with Crippen LogP contribution in [0, 0.1) is 0 Å². The lowest BCUT2D eigenvalue weighted by Crippen LogP contribution is -2.50. The van der Waals surface area contributed by atoms with E-state index < -0.39 is 10.0 Å². The third-order valence-corrected chi connectivity index (χ3v) is 6.94. The fraction of sp³-hybridized carbons (Fsp3) is 0.474. The van der Waals surface area contributed by atoms with Crippen molar-refractivity contribution in [2.75, 3.05) is 33.2 Å². The van der Waals surface area contributed by atoms with Crippen LogP contribution in [0.3, 0.4) is 0 Å². The molecule has 1 aliphatic heterocycles. The maximum atomic E-state index is 13.3. The van der Waals surface area contributed by atoms with Crippen LogP contribution in [0.5, 0.6) is 0 Å². The first kappa shape index (κ1) is 25.6. The van der Waals surface area contributed by atoms with Crippen LogP contribution in [-0.4, -0.2) is 67.8 Å². The molecule has 3 rings (SSSR count). The number of carbonyl (C=O) groups excluding carboxylic acids is 1. The zero-order chi connectivity index (χ0) is 19.4. The van der Waals surface area contributed by atoms with Gasteiger partial charge in [-0.15, -0.1) is 24.8 Å². The van der Waals surface area contributed by atoms with E-state index in [2.05, 4.69) is 10.3 Å². The number of amides is 1. The lowest BCUT2D eigenvalue weighted by Gasteiger charge is -2.35. The minimum atomic E-state index is -3.64. The Labute approximate surface area is 184 Å². The minimum Gasteiger partial charge on any atom is -0.340 e. The van der Waals surface area contributed by atoms with Gasteiger partial charge in [0.1, 0.15) is 0 Å². The smallest absolute Gasteiger partial charge is 0.243 e. The van der Waals surface area contributed by atoms with E-state index in [4.69, 9.17) is 0 Å². The second-order valence-corrected chi connectivity index (χ2v) is 8.82. The van der Waals surface area contributed by atoms with Gasteiger partial charge in [-0.05, 0) is 50.4 Å². The van der Waals surface area contributed by atoms with Crippen LogP contribution in [0.15, 0.2) is 41.6 Å². The van der Waals surface area contributed by atoms with Gasteiger partial charge in [0.2, 0.25) is 15.9 Å². The van der Waals surface area contributed by atoms with Crippen molar-refractivity contribution < 1.29 is 13.2 Å². The lowest BCUT2D eigenvalue weighted by molar-refractivity contribution is -0.131. The highest BCUT2D eigenvalue weighted by molar-refractivity contribution is 7.89. The first-order valence-corrected chi connectivity index (χ1v) is 10.7. The predicted molar refractivity (Wildman–Crippen MR) is 119 cm³/mol. The molecule has 0 bridgehead atoms. The molecule has 1 fully saturated rings. The minimum absolute atomic E-state index is 0. The summed E-state index contributed by atoms with van der Waals surface area (Å²) in [6.07, 6.45) is 4.89. The first-order chi connectivity index (χ1) is 12.9. The lowest BCUT2D eigenvalue weighted by atomic mass is 10.2. The summed E-state index contributed by atoms with van der Waals surface area (Å²) in [5, 5.41) is 4.62. The van der Waals surface area contributed by atoms with Crippen LogP contribution >= 0.6 is 24.8 Å². The topological polar surface area (TPSA) is 82.6 Å². The summed E-state index contributed by atoms with van der Waals surface area (Å²) in [4.78, 5) is 18.4. The van der Waals surface area contributed by atoms with E-state index in [9.17, 15) is 13.2 Å². The number of rotatable bonds is 4. The Hall–Kier alpha value is -1.45. The number of hydrogen-bond acceptors (Lipinski definition) is 5. The van der Waals surface area contributed by atoms with Crippen LogP contribution in [0.1, 0.15) is 19.8 Å². The number of carbonyl (C=O) groups is 1. The maximum Gasteiger partial charge on any atom is 0.243 e. The molecule has 1 atom stereocenters. The molecule has 0 saturated carbocycles. The molecule has 1 N–H and O–H groups in total. The van der Waals surface area contributed by atoms with E-state index in [1.54, 1.807) is 42.5 Å². The number of benzene rings is 1. The summed E-state index contributed by atoms with van der Waals surface area (Å²) in [5.41, 5.74) is 0. The molecular weight excluding hydrogens is 435 g/mol. The molecule has 10 heteroatoms. The van der Waals surface area contributed by atoms with E-state index in [1.807, 2.05) is 13.0 Å². The fourth-order valence-corrected chi connectivity index (χ4v) is 5.19. The number of hydrogen-bond donors (Lipinski definition) is 1. The summed E-state index contributed by atoms with van der Waals surface area (Å²) in [7, 11) is -1.91. The molecule has 1 aromatic heterocycles. The monoisotopic (exact) mass is 462 g/mol. The van der Waals surface area contributed by atoms with Crippen molar-refractivity contribution in [3.8, 4) is 0 Å². The SMILES string of the molecule is CNCC(=O)N1CCCCN(S(=O)(=O)c2ccc3cnccc3c2)C(C)C1.Cl.Cl. The number of fused-ring (bicyclic) bond motifs is 1. The highest BCUT2D eigenvalue weighted by Gasteiger charge is 2.32. The number of halogens is 2. The Bertz CT molecular complexity index is 927. The molecule has 1 saturated heterocycles.